The Hall–Kier alpha value is -0.380. The summed E-state index contributed by atoms with van der Waals surface area (Å²) in [7, 11) is 0. The fourth-order valence-electron chi connectivity index (χ4n) is 2.07. The molecule has 1 aromatic heterocycles. The summed E-state index contributed by atoms with van der Waals surface area (Å²) in [5.41, 5.74) is 8.04. The standard InChI is InChI=1S/C10H15NOS/c1-6-5-13-9-3-7(4-11)2-8(12)10(6)9/h5,7-8,12H,2-4,11H2,1H3. The Balaban J connectivity index is 2.33. The van der Waals surface area contributed by atoms with Gasteiger partial charge in [0, 0.05) is 4.88 Å². The molecule has 0 bridgehead atoms. The van der Waals surface area contributed by atoms with E-state index in [1.165, 1.54) is 16.0 Å². The van der Waals surface area contributed by atoms with Crippen molar-refractivity contribution in [1.29, 1.82) is 0 Å². The summed E-state index contributed by atoms with van der Waals surface area (Å²) in [5, 5.41) is 12.0. The zero-order chi connectivity index (χ0) is 9.42. The van der Waals surface area contributed by atoms with Crippen molar-refractivity contribution >= 4 is 11.3 Å². The summed E-state index contributed by atoms with van der Waals surface area (Å²) in [6, 6.07) is 0. The molecule has 1 aliphatic carbocycles. The van der Waals surface area contributed by atoms with Crippen LogP contribution in [0.5, 0.6) is 0 Å². The van der Waals surface area contributed by atoms with Crippen LogP contribution in [-0.4, -0.2) is 11.7 Å². The van der Waals surface area contributed by atoms with Gasteiger partial charge in [-0.05, 0) is 48.7 Å². The summed E-state index contributed by atoms with van der Waals surface area (Å²) >= 11 is 1.76. The molecular formula is C10H15NOS. The van der Waals surface area contributed by atoms with E-state index >= 15 is 0 Å². The molecular weight excluding hydrogens is 182 g/mol. The van der Waals surface area contributed by atoms with E-state index in [0.29, 0.717) is 12.5 Å². The minimum absolute atomic E-state index is 0.274. The van der Waals surface area contributed by atoms with Crippen molar-refractivity contribution in [3.8, 4) is 0 Å². The Morgan fingerprint density at radius 3 is 3.15 bits per heavy atom. The zero-order valence-corrected chi connectivity index (χ0v) is 8.60. The molecule has 3 heteroatoms. The SMILES string of the molecule is Cc1csc2c1C(O)CC(CN)C2. The molecule has 1 aromatic rings. The van der Waals surface area contributed by atoms with Crippen molar-refractivity contribution < 1.29 is 5.11 Å². The van der Waals surface area contributed by atoms with Crippen LogP contribution < -0.4 is 5.73 Å². The van der Waals surface area contributed by atoms with E-state index in [-0.39, 0.29) is 6.10 Å². The molecule has 0 spiro atoms. The number of rotatable bonds is 1. The summed E-state index contributed by atoms with van der Waals surface area (Å²) in [6.07, 6.45) is 1.62. The Bertz CT molecular complexity index is 308. The number of nitrogens with two attached hydrogens (primary N) is 1. The van der Waals surface area contributed by atoms with Gasteiger partial charge in [-0.3, -0.25) is 0 Å². The molecule has 0 amide bonds. The third-order valence-electron chi connectivity index (χ3n) is 2.80. The number of aliphatic hydroxyl groups excluding tert-OH is 1. The number of thiophene rings is 1. The van der Waals surface area contributed by atoms with Gasteiger partial charge in [0.05, 0.1) is 6.10 Å². The second-order valence-electron chi connectivity index (χ2n) is 3.81. The maximum absolute atomic E-state index is 9.88. The Morgan fingerprint density at radius 1 is 1.69 bits per heavy atom. The van der Waals surface area contributed by atoms with Crippen LogP contribution in [-0.2, 0) is 6.42 Å². The van der Waals surface area contributed by atoms with Gasteiger partial charge in [-0.25, -0.2) is 0 Å². The smallest absolute Gasteiger partial charge is 0.0806 e. The highest BCUT2D eigenvalue weighted by molar-refractivity contribution is 7.10. The maximum atomic E-state index is 9.88. The lowest BCUT2D eigenvalue weighted by Crippen LogP contribution is -2.24. The first-order valence-corrected chi connectivity index (χ1v) is 5.55. The molecule has 2 unspecified atom stereocenters. The van der Waals surface area contributed by atoms with Crippen molar-refractivity contribution in [2.75, 3.05) is 6.54 Å². The van der Waals surface area contributed by atoms with Crippen LogP contribution in [0.1, 0.15) is 28.5 Å². The molecule has 13 heavy (non-hydrogen) atoms. The highest BCUT2D eigenvalue weighted by Gasteiger charge is 2.27. The van der Waals surface area contributed by atoms with Crippen LogP contribution in [0.3, 0.4) is 0 Å². The third kappa shape index (κ3) is 1.52. The quantitative estimate of drug-likeness (QED) is 0.718. The van der Waals surface area contributed by atoms with Gasteiger partial charge in [-0.15, -0.1) is 11.3 Å². The van der Waals surface area contributed by atoms with Crippen LogP contribution >= 0.6 is 11.3 Å². The number of hydrogen-bond donors (Lipinski definition) is 2. The lowest BCUT2D eigenvalue weighted by atomic mass is 9.85. The zero-order valence-electron chi connectivity index (χ0n) is 7.79. The molecule has 2 nitrogen and oxygen atoms in total. The van der Waals surface area contributed by atoms with Crippen molar-refractivity contribution in [2.24, 2.45) is 11.7 Å². The number of aryl methyl sites for hydroxylation is 1. The van der Waals surface area contributed by atoms with Crippen LogP contribution in [0.15, 0.2) is 5.38 Å². The van der Waals surface area contributed by atoms with Crippen LogP contribution in [0.2, 0.25) is 0 Å². The first-order valence-electron chi connectivity index (χ1n) is 4.67. The molecule has 72 valence electrons. The summed E-state index contributed by atoms with van der Waals surface area (Å²) < 4.78 is 0. The van der Waals surface area contributed by atoms with E-state index in [9.17, 15) is 5.11 Å². The average Bonchev–Trinajstić information content (AvgIpc) is 2.48. The van der Waals surface area contributed by atoms with Crippen LogP contribution in [0.25, 0.3) is 0 Å². The van der Waals surface area contributed by atoms with Gasteiger partial charge in [0.25, 0.3) is 0 Å². The molecule has 2 rings (SSSR count). The molecule has 0 saturated heterocycles. The van der Waals surface area contributed by atoms with E-state index in [1.807, 2.05) is 0 Å². The van der Waals surface area contributed by atoms with Gasteiger partial charge in [0.15, 0.2) is 0 Å². The second kappa shape index (κ2) is 3.40. The number of aliphatic hydroxyl groups is 1. The van der Waals surface area contributed by atoms with Gasteiger partial charge in [0.1, 0.15) is 0 Å². The normalized spacial score (nSPS) is 27.3. The average molecular weight is 197 g/mol. The van der Waals surface area contributed by atoms with Crippen molar-refractivity contribution in [1.82, 2.24) is 0 Å². The first-order chi connectivity index (χ1) is 6.22. The van der Waals surface area contributed by atoms with Crippen molar-refractivity contribution in [3.63, 3.8) is 0 Å². The van der Waals surface area contributed by atoms with E-state index in [4.69, 9.17) is 5.73 Å². The minimum atomic E-state index is -0.274. The second-order valence-corrected chi connectivity index (χ2v) is 4.78. The maximum Gasteiger partial charge on any atom is 0.0806 e. The molecule has 0 saturated carbocycles. The van der Waals surface area contributed by atoms with Crippen LogP contribution in [0, 0.1) is 12.8 Å². The largest absolute Gasteiger partial charge is 0.388 e. The lowest BCUT2D eigenvalue weighted by molar-refractivity contribution is 0.134. The topological polar surface area (TPSA) is 46.2 Å². The van der Waals surface area contributed by atoms with Gasteiger partial charge >= 0.3 is 0 Å². The van der Waals surface area contributed by atoms with E-state index in [2.05, 4.69) is 12.3 Å². The lowest BCUT2D eigenvalue weighted by Gasteiger charge is -2.25. The summed E-state index contributed by atoms with van der Waals surface area (Å²) in [4.78, 5) is 1.34. The molecule has 0 aliphatic heterocycles. The Kier molecular flexibility index (Phi) is 2.41. The van der Waals surface area contributed by atoms with E-state index in [1.54, 1.807) is 11.3 Å². The van der Waals surface area contributed by atoms with E-state index in [0.717, 1.165) is 12.8 Å². The highest BCUT2D eigenvalue weighted by atomic mass is 32.1. The molecule has 1 heterocycles. The summed E-state index contributed by atoms with van der Waals surface area (Å²) in [5.74, 6) is 0.473. The fraction of sp³-hybridized carbons (Fsp3) is 0.600. The monoisotopic (exact) mass is 197 g/mol. The summed E-state index contributed by atoms with van der Waals surface area (Å²) in [6.45, 7) is 2.76. The molecule has 2 atom stereocenters. The third-order valence-corrected chi connectivity index (χ3v) is 3.94. The van der Waals surface area contributed by atoms with E-state index < -0.39 is 0 Å². The minimum Gasteiger partial charge on any atom is -0.388 e. The first kappa shape index (κ1) is 9.19. The van der Waals surface area contributed by atoms with Gasteiger partial charge in [0.2, 0.25) is 0 Å². The van der Waals surface area contributed by atoms with Crippen molar-refractivity contribution in [2.45, 2.75) is 25.9 Å². The molecule has 3 N–H and O–H groups in total. The van der Waals surface area contributed by atoms with Crippen LogP contribution in [0.4, 0.5) is 0 Å². The number of fused-ring (bicyclic) bond motifs is 1. The molecule has 0 aromatic carbocycles. The van der Waals surface area contributed by atoms with Gasteiger partial charge < -0.3 is 10.8 Å². The van der Waals surface area contributed by atoms with Gasteiger partial charge in [-0.2, -0.15) is 0 Å². The predicted octanol–water partition coefficient (Wildman–Crippen LogP) is 1.61. The predicted molar refractivity (Wildman–Crippen MR) is 54.9 cm³/mol. The van der Waals surface area contributed by atoms with Gasteiger partial charge in [-0.1, -0.05) is 0 Å². The van der Waals surface area contributed by atoms with Crippen molar-refractivity contribution in [3.05, 3.63) is 21.4 Å². The molecule has 0 radical (unpaired) electrons. The molecule has 1 aliphatic rings. The number of hydrogen-bond acceptors (Lipinski definition) is 3. The highest BCUT2D eigenvalue weighted by Crippen LogP contribution is 2.38. The Labute approximate surface area is 82.4 Å². The molecule has 0 fully saturated rings. The fourth-order valence-corrected chi connectivity index (χ4v) is 3.27. The Morgan fingerprint density at radius 2 is 2.46 bits per heavy atom.